The third kappa shape index (κ3) is 13.5. The maximum atomic E-state index is 12.4. The smallest absolute Gasteiger partial charge is 0.523 e. The second kappa shape index (κ2) is 27.3. The van der Waals surface area contributed by atoms with E-state index in [1.165, 1.54) is 56.8 Å². The van der Waals surface area contributed by atoms with Gasteiger partial charge in [0.15, 0.2) is 45.7 Å². The molecule has 10 heterocycles. The summed E-state index contributed by atoms with van der Waals surface area (Å²) in [5.74, 6) is 2.30. The normalized spacial score (nSPS) is 13.2. The summed E-state index contributed by atoms with van der Waals surface area (Å²) in [5.41, 5.74) is 6.51. The number of methoxy groups -OCH3 is 4. The largest absolute Gasteiger partial charge is 0.570 e. The number of anilines is 2. The van der Waals surface area contributed by atoms with Gasteiger partial charge >= 0.3 is 7.69 Å². The minimum atomic E-state index is -0.195. The first-order valence-electron chi connectivity index (χ1n) is 25.5. The van der Waals surface area contributed by atoms with E-state index < -0.39 is 0 Å². The molecular weight excluding hydrogens is 1080 g/mol. The van der Waals surface area contributed by atoms with Gasteiger partial charge in [0.2, 0.25) is 0 Å². The molecule has 0 aromatic carbocycles. The summed E-state index contributed by atoms with van der Waals surface area (Å²) in [6.07, 6.45) is 9.61. The van der Waals surface area contributed by atoms with Gasteiger partial charge in [-0.05, 0) is 56.0 Å². The zero-order valence-corrected chi connectivity index (χ0v) is 46.9. The molecule has 8 aromatic rings. The number of hydrogen-bond acceptors (Lipinski definition) is 22. The van der Waals surface area contributed by atoms with Crippen LogP contribution in [0.2, 0.25) is 5.02 Å². The van der Waals surface area contributed by atoms with E-state index in [9.17, 15) is 14.9 Å². The zero-order chi connectivity index (χ0) is 58.5. The van der Waals surface area contributed by atoms with Crippen LogP contribution in [0.3, 0.4) is 0 Å². The Morgan fingerprint density at radius 3 is 1.57 bits per heavy atom. The van der Waals surface area contributed by atoms with Gasteiger partial charge in [-0.3, -0.25) is 9.59 Å². The first-order chi connectivity index (χ1) is 39.7. The third-order valence-electron chi connectivity index (χ3n) is 12.9. The molecule has 2 aliphatic rings. The summed E-state index contributed by atoms with van der Waals surface area (Å²) in [4.78, 5) is 53.5. The highest BCUT2D eigenvalue weighted by molar-refractivity contribution is 6.36. The van der Waals surface area contributed by atoms with Crippen molar-refractivity contribution in [1.82, 2.24) is 39.7 Å². The molecule has 2 fully saturated rings. The Morgan fingerprint density at radius 1 is 0.634 bits per heavy atom. The highest BCUT2D eigenvalue weighted by Crippen LogP contribution is 2.42. The van der Waals surface area contributed by atoms with E-state index in [0.29, 0.717) is 134 Å². The fourth-order valence-electron chi connectivity index (χ4n) is 8.67. The lowest BCUT2D eigenvalue weighted by Crippen LogP contribution is -2.28. The van der Waals surface area contributed by atoms with E-state index in [1.807, 2.05) is 18.2 Å². The minimum Gasteiger partial charge on any atom is -0.523 e. The molecule has 10 rings (SSSR count). The minimum absolute atomic E-state index is 0.170. The van der Waals surface area contributed by atoms with Crippen LogP contribution < -0.4 is 34.2 Å². The molecule has 24 nitrogen and oxygen atoms in total. The van der Waals surface area contributed by atoms with Gasteiger partial charge in [0.05, 0.1) is 74.6 Å². The van der Waals surface area contributed by atoms with Crippen LogP contribution in [0, 0.1) is 22.7 Å². The van der Waals surface area contributed by atoms with E-state index >= 15 is 0 Å². The van der Waals surface area contributed by atoms with Gasteiger partial charge in [-0.2, -0.15) is 10.5 Å². The van der Waals surface area contributed by atoms with Crippen LogP contribution in [0.5, 0.6) is 28.9 Å². The Hall–Kier alpha value is -9.27. The van der Waals surface area contributed by atoms with Crippen molar-refractivity contribution in [2.45, 2.75) is 37.8 Å². The number of fused-ring (bicyclic) bond motifs is 2. The first kappa shape index (κ1) is 58.9. The molecule has 0 atom stereocenters. The SMILES string of the molecule is COc1cc(C(=O)N(C)C)cnc1-c1cc2ncc(OC)c(-c3ccc(NC4CCOCC4)c(C#N)n3)c2o1.COc1cc(C(=O)N(C)C)cnc1-c1cc2ncc(OC)c(Cl)c2o1.N#Cc1nc(O[B]O)ccc1NC1CCOCC1. The summed E-state index contributed by atoms with van der Waals surface area (Å²) < 4.78 is 49.1. The van der Waals surface area contributed by atoms with Crippen molar-refractivity contribution >= 4 is 64.7 Å². The van der Waals surface area contributed by atoms with Crippen LogP contribution in [0.1, 0.15) is 57.8 Å². The fraction of sp³-hybridized carbons (Fsp3) is 0.321. The Morgan fingerprint density at radius 2 is 1.10 bits per heavy atom. The number of pyridine rings is 6. The van der Waals surface area contributed by atoms with Gasteiger partial charge in [0.25, 0.3) is 11.8 Å². The number of ether oxygens (including phenoxy) is 6. The Bertz CT molecular complexity index is 3670. The number of amides is 2. The maximum absolute atomic E-state index is 12.4. The topological polar surface area (TPSA) is 301 Å². The molecule has 0 saturated carbocycles. The van der Waals surface area contributed by atoms with Gasteiger partial charge < -0.3 is 67.4 Å². The standard InChI is InChI=1S/C28H28N6O5.C17H16ClN3O4.C11H13BN3O3/c1-34(2)28(35)16-11-22(36-3)26(31-14-16)23-12-20-27(39-23)25(24(37-4)15-30-20)19-6-5-18(21(13-29)33-19)32-17-7-9-38-10-8-17;1-21(2)17(22)9-5-11(23-3)15(20-7-9)12-6-10-16(25-12)14(18)13(24-4)8-19-10;13-7-10-9(1-2-11(15-10)18-12-16)14-8-3-5-17-6-4-8/h5-6,11-12,14-15,17,32H,7-10H2,1-4H3;5-8H,1-4H3;1-2,8,14,16H,3-6H2. The Kier molecular flexibility index (Phi) is 19.6. The monoisotopic (exact) mass is 1140 g/mol. The van der Waals surface area contributed by atoms with Crippen LogP contribution in [-0.2, 0) is 9.47 Å². The van der Waals surface area contributed by atoms with Gasteiger partial charge in [-0.15, -0.1) is 0 Å². The number of carbonyl (C=O) groups is 2. The molecule has 2 saturated heterocycles. The lowest BCUT2D eigenvalue weighted by molar-refractivity contribution is 0.0819. The van der Waals surface area contributed by atoms with Crippen LogP contribution in [0.15, 0.2) is 82.2 Å². The molecule has 26 heteroatoms. The molecule has 423 valence electrons. The molecule has 0 unspecified atom stereocenters. The third-order valence-corrected chi connectivity index (χ3v) is 13.2. The molecule has 82 heavy (non-hydrogen) atoms. The van der Waals surface area contributed by atoms with E-state index in [-0.39, 0.29) is 35.1 Å². The molecule has 8 aromatic heterocycles. The number of carbonyl (C=O) groups excluding carboxylic acids is 2. The highest BCUT2D eigenvalue weighted by atomic mass is 35.5. The van der Waals surface area contributed by atoms with Gasteiger partial charge in [0.1, 0.15) is 56.8 Å². The van der Waals surface area contributed by atoms with Crippen molar-refractivity contribution in [3.8, 4) is 75.2 Å². The summed E-state index contributed by atoms with van der Waals surface area (Å²) in [6.45, 7) is 2.83. The number of halogens is 1. The summed E-state index contributed by atoms with van der Waals surface area (Å²) in [6, 6.07) is 18.4. The number of nitrogens with zero attached hydrogens (tertiary/aromatic N) is 10. The van der Waals surface area contributed by atoms with Crippen molar-refractivity contribution in [2.75, 3.05) is 93.7 Å². The lowest BCUT2D eigenvalue weighted by atomic mass is 10.1. The number of nitrogens with one attached hydrogen (secondary N) is 2. The molecule has 3 N–H and O–H groups in total. The van der Waals surface area contributed by atoms with Crippen LogP contribution in [0.25, 0.3) is 56.4 Å². The number of furan rings is 2. The highest BCUT2D eigenvalue weighted by Gasteiger charge is 2.25. The van der Waals surface area contributed by atoms with E-state index in [0.717, 1.165) is 38.9 Å². The molecule has 2 amide bonds. The van der Waals surface area contributed by atoms with Crippen molar-refractivity contribution in [3.63, 3.8) is 0 Å². The quantitative estimate of drug-likeness (QED) is 0.0823. The second-order valence-electron chi connectivity index (χ2n) is 18.6. The molecule has 0 bridgehead atoms. The molecule has 1 radical (unpaired) electrons. The first-order valence-corrected chi connectivity index (χ1v) is 25.8. The van der Waals surface area contributed by atoms with Crippen LogP contribution >= 0.6 is 11.6 Å². The predicted octanol–water partition coefficient (Wildman–Crippen LogP) is 7.85. The lowest BCUT2D eigenvalue weighted by Gasteiger charge is -2.24. The number of aromatic nitrogens is 6. The van der Waals surface area contributed by atoms with Crippen molar-refractivity contribution in [1.29, 1.82) is 10.5 Å². The number of hydrogen-bond donors (Lipinski definition) is 3. The molecule has 0 spiro atoms. The van der Waals surface area contributed by atoms with Crippen molar-refractivity contribution in [2.24, 2.45) is 0 Å². The van der Waals surface area contributed by atoms with Crippen LogP contribution in [0.4, 0.5) is 11.4 Å². The van der Waals surface area contributed by atoms with E-state index in [1.54, 1.807) is 70.8 Å². The summed E-state index contributed by atoms with van der Waals surface area (Å²) >= 11 is 6.26. The van der Waals surface area contributed by atoms with E-state index in [4.69, 9.17) is 63.8 Å². The van der Waals surface area contributed by atoms with Crippen LogP contribution in [-0.4, -0.2) is 159 Å². The predicted molar refractivity (Wildman–Crippen MR) is 302 cm³/mol. The fourth-order valence-corrected chi connectivity index (χ4v) is 8.93. The number of nitriles is 2. The molecule has 0 aliphatic carbocycles. The van der Waals surface area contributed by atoms with Gasteiger partial charge in [-0.25, -0.2) is 29.9 Å². The average Bonchev–Trinajstić information content (AvgIpc) is 3.63. The van der Waals surface area contributed by atoms with E-state index in [2.05, 4.69) is 46.6 Å². The average molecular weight is 1140 g/mol. The Balaban J connectivity index is 0.000000175. The molecule has 2 aliphatic heterocycles. The second-order valence-corrected chi connectivity index (χ2v) is 19.0. The summed E-state index contributed by atoms with van der Waals surface area (Å²) in [5, 5.41) is 34.4. The zero-order valence-electron chi connectivity index (χ0n) is 46.1. The number of rotatable bonds is 15. The maximum Gasteiger partial charge on any atom is 0.570 e. The van der Waals surface area contributed by atoms with Crippen molar-refractivity contribution < 1.29 is 56.5 Å². The summed E-state index contributed by atoms with van der Waals surface area (Å²) in [7, 11) is 13.3. The van der Waals surface area contributed by atoms with Crippen molar-refractivity contribution in [3.05, 3.63) is 101 Å². The Labute approximate surface area is 477 Å². The van der Waals surface area contributed by atoms with Gasteiger partial charge in [-0.1, -0.05) is 11.6 Å². The van der Waals surface area contributed by atoms with Gasteiger partial charge in [0, 0.05) is 97.3 Å². The molecular formula is C56H57BClN12O12.